The van der Waals surface area contributed by atoms with Gasteiger partial charge in [-0.15, -0.1) is 0 Å². The number of morpholine rings is 1. The molecule has 1 fully saturated rings. The van der Waals surface area contributed by atoms with E-state index in [4.69, 9.17) is 9.47 Å². The van der Waals surface area contributed by atoms with Crippen LogP contribution in [0.15, 0.2) is 24.3 Å². The number of halogens is 1. The fourth-order valence-corrected chi connectivity index (χ4v) is 2.37. The zero-order valence-electron chi connectivity index (χ0n) is 12.5. The Morgan fingerprint density at radius 1 is 1.45 bits per heavy atom. The van der Waals surface area contributed by atoms with Crippen LogP contribution in [0.1, 0.15) is 11.6 Å². The second-order valence-electron chi connectivity index (χ2n) is 5.02. The molecule has 1 aromatic rings. The second-order valence-corrected chi connectivity index (χ2v) is 5.02. The van der Waals surface area contributed by atoms with Crippen LogP contribution in [0, 0.1) is 5.82 Å². The number of hydrogen-bond donors (Lipinski definition) is 1. The van der Waals surface area contributed by atoms with Gasteiger partial charge in [0.2, 0.25) is 5.91 Å². The summed E-state index contributed by atoms with van der Waals surface area (Å²) in [6, 6.07) is 5.09. The quantitative estimate of drug-likeness (QED) is 0.804. The van der Waals surface area contributed by atoms with Crippen molar-refractivity contribution in [2.75, 3.05) is 33.9 Å². The summed E-state index contributed by atoms with van der Waals surface area (Å²) >= 11 is 0. The van der Waals surface area contributed by atoms with E-state index in [2.05, 4.69) is 5.32 Å². The fourth-order valence-electron chi connectivity index (χ4n) is 2.37. The van der Waals surface area contributed by atoms with Crippen molar-refractivity contribution in [1.29, 1.82) is 0 Å². The first-order valence-electron chi connectivity index (χ1n) is 6.94. The number of carbonyl (C=O) groups is 2. The Kier molecular flexibility index (Phi) is 5.46. The number of ether oxygens (including phenoxy) is 2. The third kappa shape index (κ3) is 3.61. The van der Waals surface area contributed by atoms with Gasteiger partial charge in [-0.05, 0) is 17.7 Å². The molecule has 1 aromatic carbocycles. The molecule has 7 heteroatoms. The molecule has 1 N–H and O–H groups in total. The van der Waals surface area contributed by atoms with Crippen LogP contribution in [0.3, 0.4) is 0 Å². The van der Waals surface area contributed by atoms with Gasteiger partial charge in [0.1, 0.15) is 12.4 Å². The topological polar surface area (TPSA) is 67.9 Å². The average Bonchev–Trinajstić information content (AvgIpc) is 2.51. The zero-order chi connectivity index (χ0) is 16.1. The predicted octanol–water partition coefficient (Wildman–Crippen LogP) is 0.487. The maximum atomic E-state index is 13.1. The van der Waals surface area contributed by atoms with E-state index in [9.17, 15) is 14.0 Å². The molecule has 1 aliphatic heterocycles. The lowest BCUT2D eigenvalue weighted by atomic mass is 9.97. The summed E-state index contributed by atoms with van der Waals surface area (Å²) in [6.45, 7) is 0.577. The molecule has 0 saturated carbocycles. The number of amides is 2. The van der Waals surface area contributed by atoms with Gasteiger partial charge in [0.15, 0.2) is 6.10 Å². The van der Waals surface area contributed by atoms with Crippen molar-refractivity contribution in [3.63, 3.8) is 0 Å². The number of rotatable bonds is 5. The van der Waals surface area contributed by atoms with Crippen molar-refractivity contribution < 1.29 is 23.5 Å². The zero-order valence-corrected chi connectivity index (χ0v) is 12.5. The molecule has 0 spiro atoms. The number of hydrogen-bond acceptors (Lipinski definition) is 4. The van der Waals surface area contributed by atoms with Crippen LogP contribution < -0.4 is 5.32 Å². The van der Waals surface area contributed by atoms with Crippen molar-refractivity contribution in [1.82, 2.24) is 10.2 Å². The Hall–Kier alpha value is -1.99. The van der Waals surface area contributed by atoms with E-state index in [1.807, 2.05) is 0 Å². The predicted molar refractivity (Wildman–Crippen MR) is 76.5 cm³/mol. The third-order valence-corrected chi connectivity index (χ3v) is 3.56. The standard InChI is InChI=1S/C15H19FN2O4/c1-18-12(19)9-22-14(15(20)17-7-8-21-2)13(18)10-3-5-11(16)6-4-10/h3-6,13-14H,7-9H2,1-2H3,(H,17,20)/t13-,14-/m1/s1. The molecule has 1 heterocycles. The normalized spacial score (nSPS) is 21.8. The highest BCUT2D eigenvalue weighted by molar-refractivity contribution is 5.86. The summed E-state index contributed by atoms with van der Waals surface area (Å²) in [4.78, 5) is 25.6. The Balaban J connectivity index is 2.20. The van der Waals surface area contributed by atoms with Crippen LogP contribution in [0.5, 0.6) is 0 Å². The molecule has 2 amide bonds. The molecule has 2 rings (SSSR count). The molecule has 1 saturated heterocycles. The summed E-state index contributed by atoms with van der Waals surface area (Å²) < 4.78 is 23.4. The third-order valence-electron chi connectivity index (χ3n) is 3.56. The molecule has 0 bridgehead atoms. The molecule has 120 valence electrons. The molecule has 2 atom stereocenters. The smallest absolute Gasteiger partial charge is 0.251 e. The van der Waals surface area contributed by atoms with Crippen LogP contribution in [0.4, 0.5) is 4.39 Å². The van der Waals surface area contributed by atoms with Gasteiger partial charge in [-0.3, -0.25) is 9.59 Å². The van der Waals surface area contributed by atoms with E-state index in [1.165, 1.54) is 24.1 Å². The van der Waals surface area contributed by atoms with E-state index in [1.54, 1.807) is 19.2 Å². The lowest BCUT2D eigenvalue weighted by Crippen LogP contribution is -2.53. The van der Waals surface area contributed by atoms with E-state index >= 15 is 0 Å². The molecule has 6 nitrogen and oxygen atoms in total. The van der Waals surface area contributed by atoms with E-state index in [0.717, 1.165) is 0 Å². The summed E-state index contributed by atoms with van der Waals surface area (Å²) in [5.74, 6) is -0.934. The van der Waals surface area contributed by atoms with Gasteiger partial charge in [-0.2, -0.15) is 0 Å². The lowest BCUT2D eigenvalue weighted by molar-refractivity contribution is -0.162. The number of carbonyl (C=O) groups excluding carboxylic acids is 2. The van der Waals surface area contributed by atoms with E-state index in [0.29, 0.717) is 18.7 Å². The number of likely N-dealkylation sites (N-methyl/N-ethyl adjacent to an activating group) is 1. The summed E-state index contributed by atoms with van der Waals surface area (Å²) in [5, 5.41) is 2.70. The largest absolute Gasteiger partial charge is 0.383 e. The number of methoxy groups -OCH3 is 1. The van der Waals surface area contributed by atoms with Crippen molar-refractivity contribution in [3.8, 4) is 0 Å². The second kappa shape index (κ2) is 7.33. The first kappa shape index (κ1) is 16.4. The van der Waals surface area contributed by atoms with Crippen LogP contribution in [0.25, 0.3) is 0 Å². The summed E-state index contributed by atoms with van der Waals surface area (Å²) in [6.07, 6.45) is -0.843. The first-order valence-corrected chi connectivity index (χ1v) is 6.94. The maximum absolute atomic E-state index is 13.1. The van der Waals surface area contributed by atoms with Crippen molar-refractivity contribution in [3.05, 3.63) is 35.6 Å². The van der Waals surface area contributed by atoms with Gasteiger partial charge < -0.3 is 19.7 Å². The monoisotopic (exact) mass is 310 g/mol. The SMILES string of the molecule is COCCNC(=O)[C@@H]1OCC(=O)N(C)[C@@H]1c1ccc(F)cc1. The number of nitrogens with one attached hydrogen (secondary N) is 1. The highest BCUT2D eigenvalue weighted by atomic mass is 19.1. The minimum atomic E-state index is -0.843. The molecule has 22 heavy (non-hydrogen) atoms. The van der Waals surface area contributed by atoms with Gasteiger partial charge >= 0.3 is 0 Å². The first-order chi connectivity index (χ1) is 10.5. The van der Waals surface area contributed by atoms with Gasteiger partial charge in [-0.1, -0.05) is 12.1 Å². The Labute approximate surface area is 128 Å². The van der Waals surface area contributed by atoms with Crippen LogP contribution in [0.2, 0.25) is 0 Å². The number of benzene rings is 1. The van der Waals surface area contributed by atoms with Gasteiger partial charge in [-0.25, -0.2) is 4.39 Å². The van der Waals surface area contributed by atoms with Crippen LogP contribution in [-0.2, 0) is 19.1 Å². The molecular weight excluding hydrogens is 291 g/mol. The average molecular weight is 310 g/mol. The van der Waals surface area contributed by atoms with Gasteiger partial charge in [0.05, 0.1) is 12.6 Å². The van der Waals surface area contributed by atoms with Crippen LogP contribution >= 0.6 is 0 Å². The van der Waals surface area contributed by atoms with Gasteiger partial charge in [0, 0.05) is 20.7 Å². The summed E-state index contributed by atoms with van der Waals surface area (Å²) in [5.41, 5.74) is 0.642. The molecule has 0 aliphatic carbocycles. The van der Waals surface area contributed by atoms with Gasteiger partial charge in [0.25, 0.3) is 5.91 Å². The number of nitrogens with zero attached hydrogens (tertiary/aromatic N) is 1. The molecule has 0 radical (unpaired) electrons. The molecule has 1 aliphatic rings. The Morgan fingerprint density at radius 3 is 2.77 bits per heavy atom. The Bertz CT molecular complexity index is 535. The summed E-state index contributed by atoms with van der Waals surface area (Å²) in [7, 11) is 3.14. The van der Waals surface area contributed by atoms with E-state index < -0.39 is 12.1 Å². The minimum absolute atomic E-state index is 0.156. The molecule has 0 aromatic heterocycles. The molecular formula is C15H19FN2O4. The fraction of sp³-hybridized carbons (Fsp3) is 0.467. The lowest BCUT2D eigenvalue weighted by Gasteiger charge is -2.38. The highest BCUT2D eigenvalue weighted by Crippen LogP contribution is 2.29. The minimum Gasteiger partial charge on any atom is -0.383 e. The highest BCUT2D eigenvalue weighted by Gasteiger charge is 2.39. The van der Waals surface area contributed by atoms with Crippen molar-refractivity contribution in [2.45, 2.75) is 12.1 Å². The van der Waals surface area contributed by atoms with Crippen molar-refractivity contribution in [2.24, 2.45) is 0 Å². The Morgan fingerprint density at radius 2 is 2.14 bits per heavy atom. The molecule has 0 unspecified atom stereocenters. The maximum Gasteiger partial charge on any atom is 0.251 e. The van der Waals surface area contributed by atoms with Crippen molar-refractivity contribution >= 4 is 11.8 Å². The van der Waals surface area contributed by atoms with E-state index in [-0.39, 0.29) is 24.2 Å². The van der Waals surface area contributed by atoms with Crippen LogP contribution in [-0.4, -0.2) is 56.7 Å².